The van der Waals surface area contributed by atoms with Gasteiger partial charge >= 0.3 is 12.1 Å². The molecule has 1 heterocycles. The van der Waals surface area contributed by atoms with Crippen molar-refractivity contribution in [2.45, 2.75) is 46.7 Å². The largest absolute Gasteiger partial charge is 0.462 e. The molecule has 1 aromatic rings. The number of halogens is 3. The second-order valence-corrected chi connectivity index (χ2v) is 5.54. The van der Waals surface area contributed by atoms with Crippen LogP contribution in [0.1, 0.15) is 58.8 Å². The lowest BCUT2D eigenvalue weighted by Gasteiger charge is -2.23. The number of H-pyrrole nitrogens is 1. The number of amides is 1. The molecule has 136 valence electrons. The van der Waals surface area contributed by atoms with Crippen LogP contribution in [0.2, 0.25) is 0 Å². The Kier molecular flexibility index (Phi) is 6.86. The van der Waals surface area contributed by atoms with E-state index < -0.39 is 24.6 Å². The maximum Gasteiger partial charge on any atom is 0.406 e. The van der Waals surface area contributed by atoms with E-state index in [1.165, 1.54) is 6.92 Å². The van der Waals surface area contributed by atoms with Crippen LogP contribution in [0, 0.1) is 13.8 Å². The Bertz CT molecular complexity index is 594. The molecule has 0 saturated heterocycles. The Morgan fingerprint density at radius 3 is 2.33 bits per heavy atom. The van der Waals surface area contributed by atoms with Crippen LogP contribution in [0.3, 0.4) is 0 Å². The summed E-state index contributed by atoms with van der Waals surface area (Å²) in [6.07, 6.45) is -3.35. The molecule has 0 unspecified atom stereocenters. The third-order valence-corrected chi connectivity index (χ3v) is 3.57. The van der Waals surface area contributed by atoms with E-state index in [-0.39, 0.29) is 24.4 Å². The molecule has 0 saturated carbocycles. The van der Waals surface area contributed by atoms with E-state index in [1.807, 2.05) is 6.92 Å². The maximum absolute atomic E-state index is 12.7. The van der Waals surface area contributed by atoms with Crippen molar-refractivity contribution in [3.63, 3.8) is 0 Å². The van der Waals surface area contributed by atoms with Crippen LogP contribution in [-0.4, -0.2) is 47.6 Å². The molecule has 0 aromatic carbocycles. The summed E-state index contributed by atoms with van der Waals surface area (Å²) in [4.78, 5) is 28.0. The quantitative estimate of drug-likeness (QED) is 0.766. The minimum Gasteiger partial charge on any atom is -0.462 e. The third-order valence-electron chi connectivity index (χ3n) is 3.57. The topological polar surface area (TPSA) is 62.4 Å². The molecule has 24 heavy (non-hydrogen) atoms. The van der Waals surface area contributed by atoms with Gasteiger partial charge in [0.25, 0.3) is 5.91 Å². The van der Waals surface area contributed by atoms with Crippen LogP contribution in [0.4, 0.5) is 13.2 Å². The van der Waals surface area contributed by atoms with Gasteiger partial charge in [-0.1, -0.05) is 13.3 Å². The van der Waals surface area contributed by atoms with Gasteiger partial charge in [0.1, 0.15) is 12.2 Å². The van der Waals surface area contributed by atoms with Crippen molar-refractivity contribution in [3.05, 3.63) is 22.5 Å². The van der Waals surface area contributed by atoms with Crippen LogP contribution in [0.25, 0.3) is 0 Å². The van der Waals surface area contributed by atoms with Gasteiger partial charge in [0.15, 0.2) is 0 Å². The summed E-state index contributed by atoms with van der Waals surface area (Å²) in [5.74, 6) is -1.37. The molecule has 0 fully saturated rings. The lowest BCUT2D eigenvalue weighted by atomic mass is 10.1. The minimum absolute atomic E-state index is 0.00108. The van der Waals surface area contributed by atoms with Crippen molar-refractivity contribution in [1.29, 1.82) is 0 Å². The van der Waals surface area contributed by atoms with Gasteiger partial charge in [0.2, 0.25) is 0 Å². The average Bonchev–Trinajstić information content (AvgIpc) is 2.76. The summed E-state index contributed by atoms with van der Waals surface area (Å²) in [5.41, 5.74) is 0.898. The first-order chi connectivity index (χ1) is 11.1. The van der Waals surface area contributed by atoms with E-state index >= 15 is 0 Å². The average molecular weight is 348 g/mol. The Morgan fingerprint density at radius 2 is 1.83 bits per heavy atom. The normalized spacial score (nSPS) is 11.5. The predicted octanol–water partition coefficient (Wildman–Crippen LogP) is 3.61. The number of nitrogens with zero attached hydrogens (tertiary/aromatic N) is 1. The number of esters is 1. The molecule has 5 nitrogen and oxygen atoms in total. The number of ether oxygens (including phenoxy) is 1. The highest BCUT2D eigenvalue weighted by atomic mass is 19.4. The zero-order valence-electron chi connectivity index (χ0n) is 14.3. The van der Waals surface area contributed by atoms with E-state index in [2.05, 4.69) is 4.98 Å². The summed E-state index contributed by atoms with van der Waals surface area (Å²) < 4.78 is 43.2. The van der Waals surface area contributed by atoms with Crippen molar-refractivity contribution >= 4 is 11.9 Å². The van der Waals surface area contributed by atoms with E-state index in [0.29, 0.717) is 24.1 Å². The number of carbonyl (C=O) groups excluding carboxylic acids is 2. The Balaban J connectivity index is 3.14. The number of carbonyl (C=O) groups is 2. The molecule has 1 N–H and O–H groups in total. The lowest BCUT2D eigenvalue weighted by Crippen LogP contribution is -2.40. The molecule has 1 aromatic heterocycles. The van der Waals surface area contributed by atoms with Crippen molar-refractivity contribution in [3.8, 4) is 0 Å². The predicted molar refractivity (Wildman–Crippen MR) is 83.1 cm³/mol. The number of nitrogens with one attached hydrogen (secondary N) is 1. The fourth-order valence-corrected chi connectivity index (χ4v) is 2.45. The monoisotopic (exact) mass is 348 g/mol. The van der Waals surface area contributed by atoms with Crippen LogP contribution in [-0.2, 0) is 4.74 Å². The minimum atomic E-state index is -4.48. The molecule has 0 atom stereocenters. The van der Waals surface area contributed by atoms with E-state index in [9.17, 15) is 22.8 Å². The maximum atomic E-state index is 12.7. The van der Waals surface area contributed by atoms with Gasteiger partial charge in [-0.25, -0.2) is 4.79 Å². The molecule has 1 rings (SSSR count). The smallest absolute Gasteiger partial charge is 0.406 e. The first-order valence-corrected chi connectivity index (χ1v) is 7.84. The molecular formula is C16H23F3N2O3. The van der Waals surface area contributed by atoms with Gasteiger partial charge in [0, 0.05) is 12.2 Å². The van der Waals surface area contributed by atoms with E-state index in [0.717, 1.165) is 4.90 Å². The number of aromatic amines is 1. The summed E-state index contributed by atoms with van der Waals surface area (Å²) in [7, 11) is 0. The fourth-order valence-electron chi connectivity index (χ4n) is 2.45. The molecule has 1 amide bonds. The van der Waals surface area contributed by atoms with Crippen molar-refractivity contribution in [1.82, 2.24) is 9.88 Å². The number of rotatable bonds is 7. The summed E-state index contributed by atoms with van der Waals surface area (Å²) in [5, 5.41) is 0. The van der Waals surface area contributed by atoms with Crippen molar-refractivity contribution in [2.24, 2.45) is 0 Å². The molecule has 0 aliphatic heterocycles. The zero-order valence-corrected chi connectivity index (χ0v) is 14.3. The molecule has 0 radical (unpaired) electrons. The van der Waals surface area contributed by atoms with Crippen LogP contribution in [0.5, 0.6) is 0 Å². The van der Waals surface area contributed by atoms with Gasteiger partial charge in [-0.15, -0.1) is 0 Å². The standard InChI is InChI=1S/C16H23F3N2O3/c1-5-7-8-21(9-16(17,18)19)14(22)13-10(3)12(11(4)20-13)15(23)24-6-2/h20H,5-9H2,1-4H3. The first-order valence-electron chi connectivity index (χ1n) is 7.84. The van der Waals surface area contributed by atoms with Crippen LogP contribution < -0.4 is 0 Å². The van der Waals surface area contributed by atoms with E-state index in [1.54, 1.807) is 13.8 Å². The van der Waals surface area contributed by atoms with Gasteiger partial charge < -0.3 is 14.6 Å². The summed E-state index contributed by atoms with van der Waals surface area (Å²) in [6, 6.07) is 0. The second-order valence-electron chi connectivity index (χ2n) is 5.54. The number of unbranched alkanes of at least 4 members (excludes halogenated alkanes) is 1. The number of hydrogen-bond acceptors (Lipinski definition) is 3. The number of hydrogen-bond donors (Lipinski definition) is 1. The molecule has 8 heteroatoms. The molecular weight excluding hydrogens is 325 g/mol. The van der Waals surface area contributed by atoms with Gasteiger partial charge in [-0.05, 0) is 32.8 Å². The highest BCUT2D eigenvalue weighted by Gasteiger charge is 2.34. The molecule has 0 bridgehead atoms. The number of aromatic nitrogens is 1. The number of alkyl halides is 3. The second kappa shape index (κ2) is 8.21. The first kappa shape index (κ1) is 20.1. The highest BCUT2D eigenvalue weighted by molar-refractivity contribution is 6.00. The molecule has 0 spiro atoms. The Morgan fingerprint density at radius 1 is 1.21 bits per heavy atom. The Hall–Kier alpha value is -1.99. The van der Waals surface area contributed by atoms with Crippen LogP contribution in [0.15, 0.2) is 0 Å². The van der Waals surface area contributed by atoms with E-state index in [4.69, 9.17) is 4.74 Å². The zero-order chi connectivity index (χ0) is 18.5. The molecule has 0 aliphatic carbocycles. The van der Waals surface area contributed by atoms with Gasteiger partial charge in [-0.2, -0.15) is 13.2 Å². The lowest BCUT2D eigenvalue weighted by molar-refractivity contribution is -0.140. The highest BCUT2D eigenvalue weighted by Crippen LogP contribution is 2.23. The summed E-state index contributed by atoms with van der Waals surface area (Å²) in [6.45, 7) is 5.43. The van der Waals surface area contributed by atoms with Crippen molar-refractivity contribution < 1.29 is 27.5 Å². The molecule has 0 aliphatic rings. The summed E-state index contributed by atoms with van der Waals surface area (Å²) >= 11 is 0. The van der Waals surface area contributed by atoms with Crippen LogP contribution >= 0.6 is 0 Å². The van der Waals surface area contributed by atoms with Crippen molar-refractivity contribution in [2.75, 3.05) is 19.7 Å². The van der Waals surface area contributed by atoms with Gasteiger partial charge in [-0.3, -0.25) is 4.79 Å². The van der Waals surface area contributed by atoms with Gasteiger partial charge in [0.05, 0.1) is 12.2 Å². The third kappa shape index (κ3) is 5.01. The SMILES string of the molecule is CCCCN(CC(F)(F)F)C(=O)c1[nH]c(C)c(C(=O)OCC)c1C. The number of aryl methyl sites for hydroxylation is 1. The fraction of sp³-hybridized carbons (Fsp3) is 0.625. The Labute approximate surface area is 139 Å².